The lowest BCUT2D eigenvalue weighted by Crippen LogP contribution is -2.43. The molecule has 1 atom stereocenters. The number of aromatic nitrogens is 4. The van der Waals surface area contributed by atoms with E-state index in [0.29, 0.717) is 19.0 Å². The van der Waals surface area contributed by atoms with Crippen molar-refractivity contribution in [1.29, 1.82) is 0 Å². The Balaban J connectivity index is 1.76. The molecule has 1 fully saturated rings. The molecule has 0 spiro atoms. The second kappa shape index (κ2) is 7.62. The first-order valence-corrected chi connectivity index (χ1v) is 7.71. The number of carbonyl (C=O) groups excluding carboxylic acids is 1. The summed E-state index contributed by atoms with van der Waals surface area (Å²) in [7, 11) is 1.56. The number of tetrazole rings is 1. The van der Waals surface area contributed by atoms with E-state index in [2.05, 4.69) is 15.5 Å². The Hall–Kier alpha value is -2.46. The highest BCUT2D eigenvalue weighted by molar-refractivity contribution is 5.94. The summed E-state index contributed by atoms with van der Waals surface area (Å²) < 4.78 is 39.4. The number of hydrogen-bond donors (Lipinski definition) is 0. The van der Waals surface area contributed by atoms with E-state index in [1.165, 1.54) is 21.7 Å². The Morgan fingerprint density at radius 1 is 1.44 bits per heavy atom. The third kappa shape index (κ3) is 3.64. The molecule has 0 aliphatic carbocycles. The van der Waals surface area contributed by atoms with E-state index >= 15 is 0 Å². The van der Waals surface area contributed by atoms with Crippen molar-refractivity contribution in [2.45, 2.75) is 12.6 Å². The molecule has 8 nitrogen and oxygen atoms in total. The molecule has 0 radical (unpaired) electrons. The minimum Gasteiger partial charge on any atom is -0.383 e. The molecule has 1 aliphatic rings. The van der Waals surface area contributed by atoms with E-state index in [-0.39, 0.29) is 25.3 Å². The summed E-state index contributed by atoms with van der Waals surface area (Å²) in [5.74, 6) is -2.35. The number of nitrogens with zero attached hydrogens (tertiary/aromatic N) is 5. The van der Waals surface area contributed by atoms with E-state index in [4.69, 9.17) is 9.47 Å². The molecule has 134 valence electrons. The first kappa shape index (κ1) is 17.4. The number of methoxy groups -OCH3 is 1. The van der Waals surface area contributed by atoms with Crippen LogP contribution < -0.4 is 0 Å². The smallest absolute Gasteiger partial charge is 0.257 e. The van der Waals surface area contributed by atoms with Gasteiger partial charge in [0.25, 0.3) is 5.91 Å². The number of hydrogen-bond acceptors (Lipinski definition) is 6. The van der Waals surface area contributed by atoms with Crippen molar-refractivity contribution in [3.8, 4) is 0 Å². The zero-order valence-corrected chi connectivity index (χ0v) is 13.6. The van der Waals surface area contributed by atoms with Crippen molar-refractivity contribution in [3.63, 3.8) is 0 Å². The maximum absolute atomic E-state index is 13.9. The van der Waals surface area contributed by atoms with Gasteiger partial charge in [0.1, 0.15) is 6.10 Å². The molecule has 3 rings (SSSR count). The van der Waals surface area contributed by atoms with Gasteiger partial charge < -0.3 is 14.4 Å². The summed E-state index contributed by atoms with van der Waals surface area (Å²) in [4.78, 5) is 13.9. The van der Waals surface area contributed by atoms with Crippen LogP contribution in [0.2, 0.25) is 0 Å². The van der Waals surface area contributed by atoms with Crippen LogP contribution in [0.15, 0.2) is 18.2 Å². The van der Waals surface area contributed by atoms with Crippen molar-refractivity contribution in [3.05, 3.63) is 41.2 Å². The minimum absolute atomic E-state index is 0.141. The maximum atomic E-state index is 13.9. The van der Waals surface area contributed by atoms with Crippen LogP contribution in [0.4, 0.5) is 8.78 Å². The molecule has 0 N–H and O–H groups in total. The second-order valence-electron chi connectivity index (χ2n) is 5.47. The van der Waals surface area contributed by atoms with E-state index < -0.39 is 23.6 Å². The number of halogens is 2. The van der Waals surface area contributed by atoms with Gasteiger partial charge in [0.15, 0.2) is 17.5 Å². The summed E-state index contributed by atoms with van der Waals surface area (Å²) in [6.07, 6.45) is -0.554. The van der Waals surface area contributed by atoms with Crippen molar-refractivity contribution in [2.75, 3.05) is 33.4 Å². The molecule has 2 heterocycles. The van der Waals surface area contributed by atoms with Crippen LogP contribution in [0.25, 0.3) is 0 Å². The Morgan fingerprint density at radius 2 is 2.28 bits per heavy atom. The average molecular weight is 353 g/mol. The van der Waals surface area contributed by atoms with Crippen LogP contribution in [0.5, 0.6) is 0 Å². The standard InChI is InChI=1S/C15H17F2N5O3/c1-24-7-6-22-14(18-19-20-22)12-9-21(5-8-25-12)15(23)10-3-2-4-11(16)13(10)17/h2-4,12H,5-9H2,1H3/t12-/m0/s1. The zero-order valence-electron chi connectivity index (χ0n) is 13.6. The predicted octanol–water partition coefficient (Wildman–Crippen LogP) is 0.811. The largest absolute Gasteiger partial charge is 0.383 e. The van der Waals surface area contributed by atoms with Crippen LogP contribution in [0.3, 0.4) is 0 Å². The molecule has 1 aliphatic heterocycles. The lowest BCUT2D eigenvalue weighted by molar-refractivity contribution is -0.0293. The van der Waals surface area contributed by atoms with Crippen LogP contribution in [-0.4, -0.2) is 64.4 Å². The maximum Gasteiger partial charge on any atom is 0.257 e. The molecule has 1 aromatic heterocycles. The van der Waals surface area contributed by atoms with Gasteiger partial charge in [-0.25, -0.2) is 13.5 Å². The molecular formula is C15H17F2N5O3. The average Bonchev–Trinajstić information content (AvgIpc) is 3.10. The van der Waals surface area contributed by atoms with Crippen molar-refractivity contribution < 1.29 is 23.0 Å². The van der Waals surface area contributed by atoms with Gasteiger partial charge in [-0.15, -0.1) is 5.10 Å². The molecule has 10 heteroatoms. The fourth-order valence-electron chi connectivity index (χ4n) is 2.61. The molecule has 1 aromatic carbocycles. The number of ether oxygens (including phenoxy) is 2. The van der Waals surface area contributed by atoms with E-state index in [1.807, 2.05) is 0 Å². The molecule has 25 heavy (non-hydrogen) atoms. The van der Waals surface area contributed by atoms with E-state index in [1.54, 1.807) is 7.11 Å². The third-order valence-corrected chi connectivity index (χ3v) is 3.89. The van der Waals surface area contributed by atoms with Gasteiger partial charge in [0.05, 0.1) is 31.9 Å². The van der Waals surface area contributed by atoms with Gasteiger partial charge in [0.2, 0.25) is 0 Å². The van der Waals surface area contributed by atoms with E-state index in [9.17, 15) is 13.6 Å². The summed E-state index contributed by atoms with van der Waals surface area (Å²) >= 11 is 0. The Labute approximate surface area is 142 Å². The molecule has 0 bridgehead atoms. The summed E-state index contributed by atoms with van der Waals surface area (Å²) in [5.41, 5.74) is -0.306. The van der Waals surface area contributed by atoms with Gasteiger partial charge in [-0.1, -0.05) is 6.07 Å². The number of amides is 1. The quantitative estimate of drug-likeness (QED) is 0.791. The number of carbonyl (C=O) groups is 1. The van der Waals surface area contributed by atoms with Crippen molar-refractivity contribution >= 4 is 5.91 Å². The number of rotatable bonds is 5. The highest BCUT2D eigenvalue weighted by atomic mass is 19.2. The molecule has 1 amide bonds. The Bertz CT molecular complexity index is 755. The number of morpholine rings is 1. The fraction of sp³-hybridized carbons (Fsp3) is 0.467. The zero-order chi connectivity index (χ0) is 17.8. The van der Waals surface area contributed by atoms with Gasteiger partial charge in [0, 0.05) is 13.7 Å². The van der Waals surface area contributed by atoms with Gasteiger partial charge >= 0.3 is 0 Å². The summed E-state index contributed by atoms with van der Waals surface area (Å²) in [6, 6.07) is 3.53. The van der Waals surface area contributed by atoms with Gasteiger partial charge in [-0.2, -0.15) is 0 Å². The summed E-state index contributed by atoms with van der Waals surface area (Å²) in [6.45, 7) is 1.50. The van der Waals surface area contributed by atoms with Gasteiger partial charge in [-0.3, -0.25) is 4.79 Å². The minimum atomic E-state index is -1.15. The van der Waals surface area contributed by atoms with Crippen molar-refractivity contribution in [1.82, 2.24) is 25.1 Å². The third-order valence-electron chi connectivity index (χ3n) is 3.89. The molecular weight excluding hydrogens is 336 g/mol. The van der Waals surface area contributed by atoms with Crippen LogP contribution >= 0.6 is 0 Å². The first-order valence-electron chi connectivity index (χ1n) is 7.71. The molecule has 1 saturated heterocycles. The predicted molar refractivity (Wildman–Crippen MR) is 80.6 cm³/mol. The molecule has 0 unspecified atom stereocenters. The highest BCUT2D eigenvalue weighted by Gasteiger charge is 2.31. The van der Waals surface area contributed by atoms with Gasteiger partial charge in [-0.05, 0) is 22.6 Å². The first-order chi connectivity index (χ1) is 12.1. The SMILES string of the molecule is COCCn1nnnc1[C@@H]1CN(C(=O)c2cccc(F)c2F)CCO1. The lowest BCUT2D eigenvalue weighted by Gasteiger charge is -2.32. The topological polar surface area (TPSA) is 82.4 Å². The molecule has 2 aromatic rings. The fourth-order valence-corrected chi connectivity index (χ4v) is 2.61. The number of benzene rings is 1. The highest BCUT2D eigenvalue weighted by Crippen LogP contribution is 2.22. The van der Waals surface area contributed by atoms with Crippen LogP contribution in [0.1, 0.15) is 22.3 Å². The lowest BCUT2D eigenvalue weighted by atomic mass is 10.1. The summed E-state index contributed by atoms with van der Waals surface area (Å²) in [5, 5.41) is 11.4. The van der Waals surface area contributed by atoms with Crippen LogP contribution in [0, 0.1) is 11.6 Å². The monoisotopic (exact) mass is 353 g/mol. The Morgan fingerprint density at radius 3 is 3.08 bits per heavy atom. The second-order valence-corrected chi connectivity index (χ2v) is 5.47. The van der Waals surface area contributed by atoms with Crippen LogP contribution in [-0.2, 0) is 16.0 Å². The van der Waals surface area contributed by atoms with E-state index in [0.717, 1.165) is 6.07 Å². The normalized spacial score (nSPS) is 17.7. The molecule has 0 saturated carbocycles. The van der Waals surface area contributed by atoms with Crippen molar-refractivity contribution in [2.24, 2.45) is 0 Å². The Kier molecular flexibility index (Phi) is 5.29.